The van der Waals surface area contributed by atoms with E-state index < -0.39 is 7.12 Å². The second-order valence-electron chi connectivity index (χ2n) is 2.15. The number of rotatable bonds is 1. The lowest BCUT2D eigenvalue weighted by atomic mass is 9.79. The fourth-order valence-electron chi connectivity index (χ4n) is 0.796. The van der Waals surface area contributed by atoms with Crippen molar-refractivity contribution in [2.75, 3.05) is 5.73 Å². The van der Waals surface area contributed by atoms with Crippen molar-refractivity contribution in [2.24, 2.45) is 0 Å². The van der Waals surface area contributed by atoms with Crippen molar-refractivity contribution in [3.8, 4) is 5.75 Å². The van der Waals surface area contributed by atoms with E-state index >= 15 is 0 Å². The fourth-order valence-corrected chi connectivity index (χ4v) is 0.796. The maximum atomic E-state index is 9.00. The molecule has 0 aliphatic rings. The molecule has 5 N–H and O–H groups in total. The first-order valence-corrected chi connectivity index (χ1v) is 3.06. The Morgan fingerprint density at radius 2 is 1.91 bits per heavy atom. The van der Waals surface area contributed by atoms with Crippen molar-refractivity contribution in [1.82, 2.24) is 0 Å². The number of phenolic OH excluding ortho intramolecular Hbond substituents is 1. The number of nitrogen functional groups attached to an aromatic ring is 1. The highest BCUT2D eigenvalue weighted by molar-refractivity contribution is 6.60. The minimum absolute atomic E-state index is 0.00231. The van der Waals surface area contributed by atoms with Crippen LogP contribution in [-0.4, -0.2) is 22.3 Å². The molecule has 0 saturated heterocycles. The van der Waals surface area contributed by atoms with Crippen LogP contribution in [0.2, 0.25) is 0 Å². The number of phenols is 1. The third-order valence-electron chi connectivity index (χ3n) is 1.40. The quantitative estimate of drug-likeness (QED) is 0.228. The summed E-state index contributed by atoms with van der Waals surface area (Å²) in [6.07, 6.45) is 0. The summed E-state index contributed by atoms with van der Waals surface area (Å²) < 4.78 is 0. The largest absolute Gasteiger partial charge is 0.506 e. The summed E-state index contributed by atoms with van der Waals surface area (Å²) in [5, 5.41) is 26.4. The average Bonchev–Trinajstić information content (AvgIpc) is 1.94. The zero-order valence-corrected chi connectivity index (χ0v) is 5.73. The van der Waals surface area contributed by atoms with Gasteiger partial charge >= 0.3 is 7.12 Å². The maximum Gasteiger partial charge on any atom is 0.490 e. The molecule has 0 spiro atoms. The Hall–Kier alpha value is -1.20. The van der Waals surface area contributed by atoms with E-state index in [0.717, 1.165) is 0 Å². The summed E-state index contributed by atoms with van der Waals surface area (Å²) in [7, 11) is -1.64. The first kappa shape index (κ1) is 7.91. The highest BCUT2D eigenvalue weighted by atomic mass is 16.4. The van der Waals surface area contributed by atoms with Gasteiger partial charge in [0, 0.05) is 5.46 Å². The molecule has 0 bridgehead atoms. The second-order valence-corrected chi connectivity index (χ2v) is 2.15. The predicted octanol–water partition coefficient (Wildman–Crippen LogP) is -1.35. The maximum absolute atomic E-state index is 9.00. The van der Waals surface area contributed by atoms with E-state index in [9.17, 15) is 0 Å². The molecule has 0 aliphatic heterocycles. The normalized spacial score (nSPS) is 9.64. The summed E-state index contributed by atoms with van der Waals surface area (Å²) in [6.45, 7) is 0. The van der Waals surface area contributed by atoms with Crippen molar-refractivity contribution < 1.29 is 15.2 Å². The van der Waals surface area contributed by atoms with Crippen LogP contribution in [-0.2, 0) is 0 Å². The number of anilines is 1. The van der Waals surface area contributed by atoms with Crippen LogP contribution in [0, 0.1) is 0 Å². The minimum atomic E-state index is -1.64. The lowest BCUT2D eigenvalue weighted by molar-refractivity contribution is 0.425. The highest BCUT2D eigenvalue weighted by Gasteiger charge is 2.15. The van der Waals surface area contributed by atoms with Crippen molar-refractivity contribution in [2.45, 2.75) is 0 Å². The predicted molar refractivity (Wildman–Crippen MR) is 42.3 cm³/mol. The van der Waals surface area contributed by atoms with Crippen LogP contribution in [0.25, 0.3) is 0 Å². The van der Waals surface area contributed by atoms with E-state index in [1.165, 1.54) is 18.2 Å². The standard InChI is InChI=1S/C6H8BNO3/c8-6-4(7(10)11)2-1-3-5(6)9/h1-3,9-11H,8H2. The topological polar surface area (TPSA) is 86.7 Å². The third kappa shape index (κ3) is 1.44. The molecule has 0 heterocycles. The van der Waals surface area contributed by atoms with Gasteiger partial charge in [0.05, 0.1) is 5.69 Å². The van der Waals surface area contributed by atoms with Crippen LogP contribution in [0.3, 0.4) is 0 Å². The third-order valence-corrected chi connectivity index (χ3v) is 1.40. The number of hydrogen-bond acceptors (Lipinski definition) is 4. The van der Waals surface area contributed by atoms with Gasteiger partial charge in [-0.1, -0.05) is 12.1 Å². The van der Waals surface area contributed by atoms with Crippen molar-refractivity contribution in [1.29, 1.82) is 0 Å². The Morgan fingerprint density at radius 3 is 2.36 bits per heavy atom. The Kier molecular flexibility index (Phi) is 2.02. The Morgan fingerprint density at radius 1 is 1.27 bits per heavy atom. The molecule has 0 atom stereocenters. The molecular formula is C6H8BNO3. The zero-order chi connectivity index (χ0) is 8.43. The molecule has 4 nitrogen and oxygen atoms in total. The molecule has 1 aromatic rings. The van der Waals surface area contributed by atoms with Crippen LogP contribution in [0.4, 0.5) is 5.69 Å². The molecule has 1 aromatic carbocycles. The van der Waals surface area contributed by atoms with E-state index in [1.54, 1.807) is 0 Å². The average molecular weight is 153 g/mol. The SMILES string of the molecule is Nc1c(O)cccc1B(O)O. The Balaban J connectivity index is 3.17. The fraction of sp³-hybridized carbons (Fsp3) is 0. The van der Waals surface area contributed by atoms with Gasteiger partial charge in [0.15, 0.2) is 0 Å². The van der Waals surface area contributed by atoms with E-state index in [2.05, 4.69) is 0 Å². The monoisotopic (exact) mass is 153 g/mol. The van der Waals surface area contributed by atoms with Gasteiger partial charge in [-0.25, -0.2) is 0 Å². The molecule has 0 aromatic heterocycles. The van der Waals surface area contributed by atoms with Crippen LogP contribution in [0.5, 0.6) is 5.75 Å². The summed E-state index contributed by atoms with van der Waals surface area (Å²) in [5.41, 5.74) is 5.43. The summed E-state index contributed by atoms with van der Waals surface area (Å²) >= 11 is 0. The molecule has 11 heavy (non-hydrogen) atoms. The van der Waals surface area contributed by atoms with Gasteiger partial charge in [0.25, 0.3) is 0 Å². The Labute approximate surface area is 64.0 Å². The zero-order valence-electron chi connectivity index (χ0n) is 5.73. The summed E-state index contributed by atoms with van der Waals surface area (Å²) in [4.78, 5) is 0. The van der Waals surface area contributed by atoms with Crippen LogP contribution >= 0.6 is 0 Å². The number of aromatic hydroxyl groups is 1. The molecule has 0 radical (unpaired) electrons. The second kappa shape index (κ2) is 2.81. The molecular weight excluding hydrogens is 145 g/mol. The van der Waals surface area contributed by atoms with Gasteiger partial charge in [-0.2, -0.15) is 0 Å². The first-order chi connectivity index (χ1) is 5.13. The molecule has 0 fully saturated rings. The summed E-state index contributed by atoms with van der Waals surface area (Å²) in [5.74, 6) is -0.143. The number of hydrogen-bond donors (Lipinski definition) is 4. The number of para-hydroxylation sites is 1. The molecule has 0 aliphatic carbocycles. The lowest BCUT2D eigenvalue weighted by Crippen LogP contribution is -2.32. The smallest absolute Gasteiger partial charge is 0.490 e. The van der Waals surface area contributed by atoms with Crippen LogP contribution in [0.15, 0.2) is 18.2 Å². The van der Waals surface area contributed by atoms with Crippen molar-refractivity contribution in [3.05, 3.63) is 18.2 Å². The van der Waals surface area contributed by atoms with Gasteiger partial charge in [-0.05, 0) is 6.07 Å². The number of nitrogens with two attached hydrogens (primary N) is 1. The van der Waals surface area contributed by atoms with E-state index in [-0.39, 0.29) is 16.9 Å². The molecule has 58 valence electrons. The lowest BCUT2D eigenvalue weighted by Gasteiger charge is -2.04. The summed E-state index contributed by atoms with van der Waals surface area (Å²) in [6, 6.07) is 4.29. The molecule has 5 heteroatoms. The minimum Gasteiger partial charge on any atom is -0.506 e. The van der Waals surface area contributed by atoms with Gasteiger partial charge in [0.1, 0.15) is 5.75 Å². The van der Waals surface area contributed by atoms with E-state index in [4.69, 9.17) is 20.9 Å². The van der Waals surface area contributed by atoms with Gasteiger partial charge in [-0.3, -0.25) is 0 Å². The van der Waals surface area contributed by atoms with E-state index in [0.29, 0.717) is 0 Å². The van der Waals surface area contributed by atoms with Crippen LogP contribution < -0.4 is 11.2 Å². The van der Waals surface area contributed by atoms with Crippen molar-refractivity contribution >= 4 is 18.3 Å². The molecule has 0 amide bonds. The molecule has 1 rings (SSSR count). The van der Waals surface area contributed by atoms with Gasteiger partial charge < -0.3 is 20.9 Å². The number of benzene rings is 1. The van der Waals surface area contributed by atoms with Gasteiger partial charge in [0.2, 0.25) is 0 Å². The molecule has 0 saturated carbocycles. The van der Waals surface area contributed by atoms with Crippen LogP contribution in [0.1, 0.15) is 0 Å². The highest BCUT2D eigenvalue weighted by Crippen LogP contribution is 2.15. The molecule has 0 unspecified atom stereocenters. The van der Waals surface area contributed by atoms with E-state index in [1.807, 2.05) is 0 Å². The first-order valence-electron chi connectivity index (χ1n) is 3.06. The Bertz CT molecular complexity index is 264. The van der Waals surface area contributed by atoms with Gasteiger partial charge in [-0.15, -0.1) is 0 Å². The van der Waals surface area contributed by atoms with Crippen molar-refractivity contribution in [3.63, 3.8) is 0 Å².